The summed E-state index contributed by atoms with van der Waals surface area (Å²) < 4.78 is 6.25. The smallest absolute Gasteiger partial charge is 0.306 e. The van der Waals surface area contributed by atoms with Gasteiger partial charge in [0.05, 0.1) is 12.0 Å². The van der Waals surface area contributed by atoms with Gasteiger partial charge in [-0.3, -0.25) is 24.1 Å². The number of likely N-dealkylation sites (tertiary alicyclic amines) is 1. The van der Waals surface area contributed by atoms with Gasteiger partial charge in [-0.1, -0.05) is 89.6 Å². The second-order valence-corrected chi connectivity index (χ2v) is 16.5. The molecule has 2 aliphatic rings. The highest BCUT2D eigenvalue weighted by molar-refractivity contribution is 7.09. The standard InChI is InChI=1S/C41H63N5O6S/c1-7-52-36(39-44-33(26-53-39)37(47)42-31(22-28(4)41(50)51)23-29-16-10-8-11-17-29)25-35(27(2)3)46(6)40(49)32(24-30-18-12-9-13-19-30)43-38(48)34-20-14-15-21-45(34)5/h8,10-11,16-17,26-28,30-32,34-36H,7,9,12-15,18-25H2,1-6H3,(H,42,47)(H,43,48)(H,50,51)/t28?,31?,32?,34-,35?,36?/m1/s1. The van der Waals surface area contributed by atoms with E-state index < -0.39 is 30.1 Å². The van der Waals surface area contributed by atoms with E-state index in [9.17, 15) is 24.3 Å². The third kappa shape index (κ3) is 12.6. The number of hydrogen-bond acceptors (Lipinski definition) is 8. The van der Waals surface area contributed by atoms with Crippen LogP contribution in [0.4, 0.5) is 0 Å². The number of carboxylic acid groups (broad SMARTS) is 1. The van der Waals surface area contributed by atoms with Crippen LogP contribution in [0.1, 0.15) is 125 Å². The van der Waals surface area contributed by atoms with Crippen LogP contribution in [0.3, 0.4) is 0 Å². The number of aromatic nitrogens is 1. The van der Waals surface area contributed by atoms with Crippen molar-refractivity contribution in [2.75, 3.05) is 27.2 Å². The minimum Gasteiger partial charge on any atom is -0.481 e. The van der Waals surface area contributed by atoms with Crippen molar-refractivity contribution < 1.29 is 29.0 Å². The van der Waals surface area contributed by atoms with E-state index in [1.54, 1.807) is 12.3 Å². The van der Waals surface area contributed by atoms with Crippen molar-refractivity contribution in [3.8, 4) is 0 Å². The zero-order valence-corrected chi connectivity index (χ0v) is 33.5. The number of ether oxygens (including phenoxy) is 1. The van der Waals surface area contributed by atoms with Gasteiger partial charge < -0.3 is 25.4 Å². The number of thiazole rings is 1. The Morgan fingerprint density at radius 3 is 2.34 bits per heavy atom. The van der Waals surface area contributed by atoms with E-state index in [1.165, 1.54) is 17.8 Å². The Labute approximate surface area is 320 Å². The predicted molar refractivity (Wildman–Crippen MR) is 209 cm³/mol. The van der Waals surface area contributed by atoms with Gasteiger partial charge in [0.2, 0.25) is 11.8 Å². The quantitative estimate of drug-likeness (QED) is 0.148. The number of carboxylic acids is 1. The number of carbonyl (C=O) groups is 4. The minimum atomic E-state index is -0.907. The number of amides is 3. The molecule has 0 radical (unpaired) electrons. The number of hydrogen-bond donors (Lipinski definition) is 3. The third-order valence-electron chi connectivity index (χ3n) is 11.2. The topological polar surface area (TPSA) is 141 Å². The number of nitrogens with zero attached hydrogens (tertiary/aromatic N) is 3. The minimum absolute atomic E-state index is 0.0555. The lowest BCUT2D eigenvalue weighted by molar-refractivity contribution is -0.141. The van der Waals surface area contributed by atoms with Crippen LogP contribution >= 0.6 is 11.3 Å². The molecule has 3 amide bonds. The third-order valence-corrected chi connectivity index (χ3v) is 12.1. The first-order valence-corrected chi connectivity index (χ1v) is 20.7. The molecule has 1 saturated carbocycles. The average molecular weight is 754 g/mol. The first-order chi connectivity index (χ1) is 25.4. The molecule has 0 bridgehead atoms. The zero-order valence-electron chi connectivity index (χ0n) is 32.7. The molecule has 1 saturated heterocycles. The van der Waals surface area contributed by atoms with Crippen molar-refractivity contribution in [2.45, 2.75) is 135 Å². The highest BCUT2D eigenvalue weighted by Gasteiger charge is 2.36. The molecule has 1 aliphatic carbocycles. The SMILES string of the molecule is CCOC(CC(C(C)C)N(C)C(=O)C(CC1CCCCC1)NC(=O)[C@H]1CCCCN1C)c1nc(C(=O)NC(Cc2ccccc2)CC(C)C(=O)O)cs1. The van der Waals surface area contributed by atoms with Crippen LogP contribution in [0.5, 0.6) is 0 Å². The van der Waals surface area contributed by atoms with E-state index in [0.717, 1.165) is 57.1 Å². The lowest BCUT2D eigenvalue weighted by Gasteiger charge is -2.38. The molecule has 12 heteroatoms. The van der Waals surface area contributed by atoms with Gasteiger partial charge in [0, 0.05) is 37.5 Å². The van der Waals surface area contributed by atoms with Gasteiger partial charge in [0.1, 0.15) is 22.8 Å². The van der Waals surface area contributed by atoms with Gasteiger partial charge in [-0.2, -0.15) is 0 Å². The van der Waals surface area contributed by atoms with Crippen LogP contribution in [0.2, 0.25) is 0 Å². The summed E-state index contributed by atoms with van der Waals surface area (Å²) >= 11 is 1.35. The maximum atomic E-state index is 14.4. The Morgan fingerprint density at radius 2 is 1.70 bits per heavy atom. The van der Waals surface area contributed by atoms with E-state index in [1.807, 2.05) is 56.3 Å². The molecule has 2 fully saturated rings. The molecule has 1 aliphatic heterocycles. The molecule has 11 nitrogen and oxygen atoms in total. The van der Waals surface area contributed by atoms with Crippen molar-refractivity contribution in [3.63, 3.8) is 0 Å². The summed E-state index contributed by atoms with van der Waals surface area (Å²) in [6.07, 6.45) is 10.0. The summed E-state index contributed by atoms with van der Waals surface area (Å²) in [6.45, 7) is 9.06. The molecular weight excluding hydrogens is 691 g/mol. The molecule has 294 valence electrons. The van der Waals surface area contributed by atoms with Crippen LogP contribution in [0.15, 0.2) is 35.7 Å². The molecular formula is C41H63N5O6S. The summed E-state index contributed by atoms with van der Waals surface area (Å²) in [5.74, 6) is -1.54. The summed E-state index contributed by atoms with van der Waals surface area (Å²) in [5.41, 5.74) is 1.26. The molecule has 5 unspecified atom stereocenters. The van der Waals surface area contributed by atoms with Crippen molar-refractivity contribution in [1.82, 2.24) is 25.4 Å². The van der Waals surface area contributed by atoms with Gasteiger partial charge in [-0.25, -0.2) is 4.98 Å². The summed E-state index contributed by atoms with van der Waals surface area (Å²) in [6, 6.07) is 8.28. The number of carbonyl (C=O) groups excluding carboxylic acids is 3. The monoisotopic (exact) mass is 753 g/mol. The predicted octanol–water partition coefficient (Wildman–Crippen LogP) is 6.49. The molecule has 0 spiro atoms. The number of aliphatic carboxylic acids is 1. The fraction of sp³-hybridized carbons (Fsp3) is 0.683. The van der Waals surface area contributed by atoms with E-state index in [-0.39, 0.29) is 47.8 Å². The first kappa shape index (κ1) is 42.4. The maximum Gasteiger partial charge on any atom is 0.306 e. The number of piperidine rings is 1. The number of nitrogens with one attached hydrogen (secondary N) is 2. The largest absolute Gasteiger partial charge is 0.481 e. The van der Waals surface area contributed by atoms with E-state index in [4.69, 9.17) is 9.72 Å². The highest BCUT2D eigenvalue weighted by atomic mass is 32.1. The van der Waals surface area contributed by atoms with E-state index in [0.29, 0.717) is 36.8 Å². The van der Waals surface area contributed by atoms with Crippen LogP contribution in [0.25, 0.3) is 0 Å². The van der Waals surface area contributed by atoms with Gasteiger partial charge in [0.15, 0.2) is 0 Å². The summed E-state index contributed by atoms with van der Waals surface area (Å²) in [5, 5.41) is 18.2. The molecule has 1 aromatic carbocycles. The average Bonchev–Trinajstić information content (AvgIpc) is 3.64. The fourth-order valence-corrected chi connectivity index (χ4v) is 8.88. The summed E-state index contributed by atoms with van der Waals surface area (Å²) in [7, 11) is 3.83. The number of rotatable bonds is 19. The Bertz CT molecular complexity index is 1460. The molecule has 6 atom stereocenters. The Balaban J connectivity index is 1.49. The Hall–Kier alpha value is -3.35. The normalized spacial score (nSPS) is 19.9. The van der Waals surface area contributed by atoms with Gasteiger partial charge in [-0.05, 0) is 70.0 Å². The second-order valence-electron chi connectivity index (χ2n) is 15.6. The molecule has 2 heterocycles. The lowest BCUT2D eigenvalue weighted by atomic mass is 9.84. The molecule has 2 aromatic rings. The van der Waals surface area contributed by atoms with Gasteiger partial charge in [0.25, 0.3) is 5.91 Å². The van der Waals surface area contributed by atoms with Crippen molar-refractivity contribution in [3.05, 3.63) is 52.0 Å². The van der Waals surface area contributed by atoms with Gasteiger partial charge in [-0.15, -0.1) is 11.3 Å². The Morgan fingerprint density at radius 1 is 1.00 bits per heavy atom. The Kier molecular flexibility index (Phi) is 16.7. The fourth-order valence-electron chi connectivity index (χ4n) is 8.02. The first-order valence-electron chi connectivity index (χ1n) is 19.8. The summed E-state index contributed by atoms with van der Waals surface area (Å²) in [4.78, 5) is 61.9. The van der Waals surface area contributed by atoms with E-state index in [2.05, 4.69) is 29.4 Å². The number of likely N-dealkylation sites (N-methyl/N-ethyl adjacent to an activating group) is 2. The molecule has 3 N–H and O–H groups in total. The number of benzene rings is 1. The lowest BCUT2D eigenvalue weighted by Crippen LogP contribution is -2.56. The van der Waals surface area contributed by atoms with Crippen molar-refractivity contribution >= 4 is 35.0 Å². The van der Waals surface area contributed by atoms with Crippen molar-refractivity contribution in [1.29, 1.82) is 0 Å². The highest BCUT2D eigenvalue weighted by Crippen LogP contribution is 2.32. The second kappa shape index (κ2) is 20.9. The van der Waals surface area contributed by atoms with E-state index >= 15 is 0 Å². The molecule has 4 rings (SSSR count). The van der Waals surface area contributed by atoms with Crippen LogP contribution in [-0.4, -0.2) is 95.0 Å². The molecule has 53 heavy (non-hydrogen) atoms. The van der Waals surface area contributed by atoms with Crippen LogP contribution in [-0.2, 0) is 25.5 Å². The van der Waals surface area contributed by atoms with Crippen LogP contribution in [0, 0.1) is 17.8 Å². The van der Waals surface area contributed by atoms with Gasteiger partial charge >= 0.3 is 5.97 Å². The van der Waals surface area contributed by atoms with Crippen molar-refractivity contribution in [2.24, 2.45) is 17.8 Å². The van der Waals surface area contributed by atoms with Crippen LogP contribution < -0.4 is 10.6 Å². The maximum absolute atomic E-state index is 14.4. The zero-order chi connectivity index (χ0) is 38.5. The molecule has 1 aromatic heterocycles.